The topological polar surface area (TPSA) is 49.3 Å². The number of carbonyl (C=O) groups is 1. The number of amides is 1. The minimum atomic E-state index is -0.233. The summed E-state index contributed by atoms with van der Waals surface area (Å²) in [7, 11) is 0. The molecule has 1 amide bonds. The lowest BCUT2D eigenvalue weighted by Gasteiger charge is -2.07. The fourth-order valence-corrected chi connectivity index (χ4v) is 2.51. The molecule has 2 aromatic rings. The summed E-state index contributed by atoms with van der Waals surface area (Å²) in [5.74, 6) is -0.233. The van der Waals surface area contributed by atoms with Crippen molar-refractivity contribution in [3.8, 4) is 0 Å². The van der Waals surface area contributed by atoms with Crippen LogP contribution in [0.3, 0.4) is 0 Å². The molecule has 0 radical (unpaired) electrons. The Balaban J connectivity index is 2.09. The van der Waals surface area contributed by atoms with Crippen LogP contribution in [0.25, 0.3) is 6.08 Å². The first-order valence-electron chi connectivity index (χ1n) is 6.54. The minimum absolute atomic E-state index is 0.107. The van der Waals surface area contributed by atoms with E-state index < -0.39 is 0 Å². The quantitative estimate of drug-likeness (QED) is 0.825. The summed E-state index contributed by atoms with van der Waals surface area (Å²) in [6.45, 7) is 1.90. The molecular formula is C17H16BrNO2. The van der Waals surface area contributed by atoms with Crippen LogP contribution in [0.1, 0.15) is 16.7 Å². The second-order valence-electron chi connectivity index (χ2n) is 4.66. The number of anilines is 1. The average molecular weight is 346 g/mol. The zero-order valence-corrected chi connectivity index (χ0v) is 13.2. The van der Waals surface area contributed by atoms with Gasteiger partial charge in [0.05, 0.1) is 6.61 Å². The van der Waals surface area contributed by atoms with Gasteiger partial charge in [-0.15, -0.1) is 0 Å². The maximum Gasteiger partial charge on any atom is 0.248 e. The molecule has 0 spiro atoms. The molecule has 0 saturated carbocycles. The molecule has 4 heteroatoms. The highest BCUT2D eigenvalue weighted by Crippen LogP contribution is 2.20. The number of halogens is 1. The van der Waals surface area contributed by atoms with E-state index in [1.807, 2.05) is 37.3 Å². The number of benzene rings is 2. The third-order valence-electron chi connectivity index (χ3n) is 3.02. The van der Waals surface area contributed by atoms with E-state index in [0.29, 0.717) is 11.3 Å². The van der Waals surface area contributed by atoms with Crippen LogP contribution in [0.15, 0.2) is 53.0 Å². The number of hydrogen-bond acceptors (Lipinski definition) is 2. The maximum absolute atomic E-state index is 11.9. The highest BCUT2D eigenvalue weighted by Gasteiger charge is 2.03. The van der Waals surface area contributed by atoms with Crippen molar-refractivity contribution >= 4 is 33.6 Å². The second kappa shape index (κ2) is 7.20. The van der Waals surface area contributed by atoms with Crippen LogP contribution in [-0.4, -0.2) is 11.0 Å². The molecule has 0 atom stereocenters. The zero-order chi connectivity index (χ0) is 15.2. The van der Waals surface area contributed by atoms with Crippen molar-refractivity contribution in [1.29, 1.82) is 0 Å². The van der Waals surface area contributed by atoms with Gasteiger partial charge in [0.2, 0.25) is 5.91 Å². The number of aliphatic hydroxyl groups is 1. The number of carbonyl (C=O) groups excluding carboxylic acids is 1. The molecule has 0 aliphatic carbocycles. The van der Waals surface area contributed by atoms with Crippen LogP contribution in [0.5, 0.6) is 0 Å². The Morgan fingerprint density at radius 1 is 1.29 bits per heavy atom. The Hall–Kier alpha value is -1.91. The minimum Gasteiger partial charge on any atom is -0.392 e. The van der Waals surface area contributed by atoms with E-state index in [2.05, 4.69) is 21.2 Å². The molecule has 2 aromatic carbocycles. The standard InChI is InChI=1S/C17H16BrNO2/c1-12-6-7-13(15(18)10-12)8-9-17(21)19-16-5-3-2-4-14(16)11-20/h2-10,20H,11H2,1H3,(H,19,21). The molecule has 108 valence electrons. The molecule has 0 saturated heterocycles. The van der Waals surface area contributed by atoms with Gasteiger partial charge in [0.25, 0.3) is 0 Å². The van der Waals surface area contributed by atoms with Crippen molar-refractivity contribution in [2.24, 2.45) is 0 Å². The van der Waals surface area contributed by atoms with Crippen molar-refractivity contribution in [2.75, 3.05) is 5.32 Å². The molecule has 3 nitrogen and oxygen atoms in total. The van der Waals surface area contributed by atoms with Gasteiger partial charge in [-0.25, -0.2) is 0 Å². The third kappa shape index (κ3) is 4.28. The number of aliphatic hydroxyl groups excluding tert-OH is 1. The van der Waals surface area contributed by atoms with Gasteiger partial charge in [-0.05, 0) is 36.3 Å². The Bertz CT molecular complexity index is 680. The van der Waals surface area contributed by atoms with E-state index in [0.717, 1.165) is 15.6 Å². The summed E-state index contributed by atoms with van der Waals surface area (Å²) in [6.07, 6.45) is 3.23. The number of para-hydroxylation sites is 1. The molecule has 21 heavy (non-hydrogen) atoms. The first-order chi connectivity index (χ1) is 10.1. The van der Waals surface area contributed by atoms with Crippen LogP contribution in [0, 0.1) is 6.92 Å². The Morgan fingerprint density at radius 3 is 2.76 bits per heavy atom. The molecule has 2 N–H and O–H groups in total. The van der Waals surface area contributed by atoms with E-state index in [-0.39, 0.29) is 12.5 Å². The van der Waals surface area contributed by atoms with Gasteiger partial charge >= 0.3 is 0 Å². The van der Waals surface area contributed by atoms with E-state index >= 15 is 0 Å². The molecule has 2 rings (SSSR count). The average Bonchev–Trinajstić information content (AvgIpc) is 2.47. The lowest BCUT2D eigenvalue weighted by atomic mass is 10.1. The SMILES string of the molecule is Cc1ccc(C=CC(=O)Nc2ccccc2CO)c(Br)c1. The van der Waals surface area contributed by atoms with Gasteiger partial charge in [-0.3, -0.25) is 4.79 Å². The molecule has 0 unspecified atom stereocenters. The van der Waals surface area contributed by atoms with Crippen molar-refractivity contribution in [1.82, 2.24) is 0 Å². The number of nitrogens with one attached hydrogen (secondary N) is 1. The molecule has 0 bridgehead atoms. The first kappa shape index (κ1) is 15.5. The van der Waals surface area contributed by atoms with Crippen LogP contribution >= 0.6 is 15.9 Å². The van der Waals surface area contributed by atoms with Gasteiger partial charge in [0.15, 0.2) is 0 Å². The molecule has 0 aliphatic heterocycles. The van der Waals surface area contributed by atoms with Crippen LogP contribution in [0.4, 0.5) is 5.69 Å². The first-order valence-corrected chi connectivity index (χ1v) is 7.33. The Labute approximate surface area is 132 Å². The number of rotatable bonds is 4. The Morgan fingerprint density at radius 2 is 2.05 bits per heavy atom. The van der Waals surface area contributed by atoms with E-state index in [9.17, 15) is 9.90 Å². The van der Waals surface area contributed by atoms with Crippen LogP contribution in [0.2, 0.25) is 0 Å². The fourth-order valence-electron chi connectivity index (χ4n) is 1.89. The van der Waals surface area contributed by atoms with E-state index in [4.69, 9.17) is 0 Å². The molecule has 0 heterocycles. The third-order valence-corrected chi connectivity index (χ3v) is 3.70. The summed E-state index contributed by atoms with van der Waals surface area (Å²) < 4.78 is 0.947. The Kier molecular flexibility index (Phi) is 5.31. The highest BCUT2D eigenvalue weighted by molar-refractivity contribution is 9.10. The zero-order valence-electron chi connectivity index (χ0n) is 11.6. The lowest BCUT2D eigenvalue weighted by molar-refractivity contribution is -0.111. The van der Waals surface area contributed by atoms with Crippen molar-refractivity contribution < 1.29 is 9.90 Å². The van der Waals surface area contributed by atoms with Crippen LogP contribution in [-0.2, 0) is 11.4 Å². The van der Waals surface area contributed by atoms with Gasteiger partial charge in [-0.1, -0.05) is 46.3 Å². The van der Waals surface area contributed by atoms with Gasteiger partial charge in [0, 0.05) is 21.8 Å². The summed E-state index contributed by atoms with van der Waals surface area (Å²) in [5.41, 5.74) is 3.40. The monoisotopic (exact) mass is 345 g/mol. The molecule has 0 aliphatic rings. The van der Waals surface area contributed by atoms with Crippen molar-refractivity contribution in [3.05, 3.63) is 69.7 Å². The van der Waals surface area contributed by atoms with Gasteiger partial charge in [-0.2, -0.15) is 0 Å². The summed E-state index contributed by atoms with van der Waals surface area (Å²) in [4.78, 5) is 11.9. The molecule has 0 aromatic heterocycles. The smallest absolute Gasteiger partial charge is 0.248 e. The summed E-state index contributed by atoms with van der Waals surface area (Å²) >= 11 is 3.47. The maximum atomic E-state index is 11.9. The fraction of sp³-hybridized carbons (Fsp3) is 0.118. The highest BCUT2D eigenvalue weighted by atomic mass is 79.9. The van der Waals surface area contributed by atoms with Crippen molar-refractivity contribution in [3.63, 3.8) is 0 Å². The summed E-state index contributed by atoms with van der Waals surface area (Å²) in [6, 6.07) is 13.1. The predicted molar refractivity (Wildman–Crippen MR) is 88.9 cm³/mol. The lowest BCUT2D eigenvalue weighted by Crippen LogP contribution is -2.09. The number of hydrogen-bond donors (Lipinski definition) is 2. The normalized spacial score (nSPS) is 10.8. The predicted octanol–water partition coefficient (Wildman–Crippen LogP) is 3.90. The number of aryl methyl sites for hydroxylation is 1. The van der Waals surface area contributed by atoms with Crippen LogP contribution < -0.4 is 5.32 Å². The molecular weight excluding hydrogens is 330 g/mol. The van der Waals surface area contributed by atoms with Gasteiger partial charge in [0.1, 0.15) is 0 Å². The van der Waals surface area contributed by atoms with E-state index in [1.165, 1.54) is 6.08 Å². The summed E-state index contributed by atoms with van der Waals surface area (Å²) in [5, 5.41) is 12.0. The van der Waals surface area contributed by atoms with E-state index in [1.54, 1.807) is 18.2 Å². The largest absolute Gasteiger partial charge is 0.392 e. The van der Waals surface area contributed by atoms with Gasteiger partial charge < -0.3 is 10.4 Å². The second-order valence-corrected chi connectivity index (χ2v) is 5.52. The van der Waals surface area contributed by atoms with Crippen molar-refractivity contribution in [2.45, 2.75) is 13.5 Å². The molecule has 0 fully saturated rings.